The zero-order valence-corrected chi connectivity index (χ0v) is 18.0. The van der Waals surface area contributed by atoms with Gasteiger partial charge in [-0.05, 0) is 38.4 Å². The summed E-state index contributed by atoms with van der Waals surface area (Å²) in [6, 6.07) is 6.41. The number of hydrogen-bond acceptors (Lipinski definition) is 4. The van der Waals surface area contributed by atoms with E-state index in [0.29, 0.717) is 17.5 Å². The third-order valence-corrected chi connectivity index (χ3v) is 4.50. The van der Waals surface area contributed by atoms with E-state index in [-0.39, 0.29) is 24.0 Å². The van der Waals surface area contributed by atoms with Crippen LogP contribution in [0, 0.1) is 0 Å². The number of methoxy groups -OCH3 is 2. The molecule has 2 N–H and O–H groups in total. The highest BCUT2D eigenvalue weighted by Gasteiger charge is 2.17. The van der Waals surface area contributed by atoms with E-state index in [0.717, 1.165) is 24.7 Å². The number of aliphatic imine (C=N–C) groups is 1. The molecule has 1 aliphatic rings. The number of hydrogen-bond donors (Lipinski definition) is 2. The highest BCUT2D eigenvalue weighted by Crippen LogP contribution is 2.29. The van der Waals surface area contributed by atoms with Crippen molar-refractivity contribution in [1.29, 1.82) is 0 Å². The first-order valence-corrected chi connectivity index (χ1v) is 8.61. The molecule has 7 heteroatoms. The molecule has 0 bridgehead atoms. The maximum Gasteiger partial charge on any atom is 0.195 e. The van der Waals surface area contributed by atoms with E-state index in [9.17, 15) is 0 Å². The van der Waals surface area contributed by atoms with Gasteiger partial charge in [0, 0.05) is 37.9 Å². The minimum Gasteiger partial charge on any atom is -0.493 e. The second kappa shape index (κ2) is 11.4. The Morgan fingerprint density at radius 2 is 2.00 bits per heavy atom. The number of guanidine groups is 1. The van der Waals surface area contributed by atoms with E-state index in [1.54, 1.807) is 21.3 Å². The fraction of sp³-hybridized carbons (Fsp3) is 0.611. The smallest absolute Gasteiger partial charge is 0.195 e. The number of nitrogens with zero attached hydrogens (tertiary/aromatic N) is 2. The largest absolute Gasteiger partial charge is 0.493 e. The first kappa shape index (κ1) is 21.8. The van der Waals surface area contributed by atoms with Crippen molar-refractivity contribution < 1.29 is 9.47 Å². The van der Waals surface area contributed by atoms with Crippen molar-refractivity contribution in [1.82, 2.24) is 10.2 Å². The standard InChI is InChI=1S/C18H30N4O2.HI/c1-14-7-5-6-11-22(14)12-10-20-18(19-2)21-15-8-9-16(23-3)17(13-15)24-4;/h8-9,13-14H,5-7,10-12H2,1-4H3,(H2,19,20,21);1H. The summed E-state index contributed by atoms with van der Waals surface area (Å²) in [5, 5.41) is 6.67. The predicted molar refractivity (Wildman–Crippen MR) is 115 cm³/mol. The molecule has 1 heterocycles. The van der Waals surface area contributed by atoms with Crippen LogP contribution in [0.15, 0.2) is 23.2 Å². The summed E-state index contributed by atoms with van der Waals surface area (Å²) in [5.41, 5.74) is 0.909. The molecule has 1 atom stereocenters. The lowest BCUT2D eigenvalue weighted by Gasteiger charge is -2.33. The van der Waals surface area contributed by atoms with E-state index in [1.807, 2.05) is 18.2 Å². The van der Waals surface area contributed by atoms with E-state index < -0.39 is 0 Å². The van der Waals surface area contributed by atoms with Crippen molar-refractivity contribution >= 4 is 35.6 Å². The summed E-state index contributed by atoms with van der Waals surface area (Å²) >= 11 is 0. The van der Waals surface area contributed by atoms with Gasteiger partial charge in [-0.3, -0.25) is 9.89 Å². The summed E-state index contributed by atoms with van der Waals surface area (Å²) in [4.78, 5) is 6.83. The molecule has 0 aliphatic carbocycles. The Bertz CT molecular complexity index is 554. The Morgan fingerprint density at radius 1 is 1.24 bits per heavy atom. The van der Waals surface area contributed by atoms with Crippen LogP contribution in [-0.4, -0.2) is 57.8 Å². The van der Waals surface area contributed by atoms with Gasteiger partial charge >= 0.3 is 0 Å². The number of benzene rings is 1. The first-order valence-electron chi connectivity index (χ1n) is 8.61. The van der Waals surface area contributed by atoms with Crippen molar-refractivity contribution in [3.63, 3.8) is 0 Å². The van der Waals surface area contributed by atoms with Gasteiger partial charge in [0.15, 0.2) is 17.5 Å². The summed E-state index contributed by atoms with van der Waals surface area (Å²) in [5.74, 6) is 2.16. The molecule has 0 radical (unpaired) electrons. The van der Waals surface area contributed by atoms with Gasteiger partial charge < -0.3 is 20.1 Å². The van der Waals surface area contributed by atoms with E-state index in [4.69, 9.17) is 9.47 Å². The van der Waals surface area contributed by atoms with Gasteiger partial charge in [0.05, 0.1) is 14.2 Å². The molecular formula is C18H31IN4O2. The molecule has 142 valence electrons. The summed E-state index contributed by atoms with van der Waals surface area (Å²) in [6.07, 6.45) is 3.97. The van der Waals surface area contributed by atoms with Crippen molar-refractivity contribution in [3.05, 3.63) is 18.2 Å². The zero-order valence-electron chi connectivity index (χ0n) is 15.7. The number of ether oxygens (including phenoxy) is 2. The average molecular weight is 462 g/mol. The molecule has 1 fully saturated rings. The second-order valence-electron chi connectivity index (χ2n) is 6.07. The number of rotatable bonds is 6. The normalized spacial score (nSPS) is 18.2. The maximum atomic E-state index is 5.33. The fourth-order valence-electron chi connectivity index (χ4n) is 3.04. The molecule has 1 saturated heterocycles. The lowest BCUT2D eigenvalue weighted by molar-refractivity contribution is 0.164. The molecule has 1 aromatic carbocycles. The number of nitrogens with one attached hydrogen (secondary N) is 2. The summed E-state index contributed by atoms with van der Waals surface area (Å²) in [6.45, 7) is 5.42. The topological polar surface area (TPSA) is 58.1 Å². The Morgan fingerprint density at radius 3 is 2.64 bits per heavy atom. The second-order valence-corrected chi connectivity index (χ2v) is 6.07. The van der Waals surface area contributed by atoms with Gasteiger partial charge in [-0.1, -0.05) is 6.42 Å². The number of likely N-dealkylation sites (tertiary alicyclic amines) is 1. The first-order chi connectivity index (χ1) is 11.7. The maximum absolute atomic E-state index is 5.33. The van der Waals surface area contributed by atoms with Crippen LogP contribution in [0.25, 0.3) is 0 Å². The highest BCUT2D eigenvalue weighted by molar-refractivity contribution is 14.0. The van der Waals surface area contributed by atoms with E-state index >= 15 is 0 Å². The third-order valence-electron chi connectivity index (χ3n) is 4.50. The van der Waals surface area contributed by atoms with Gasteiger partial charge in [0.1, 0.15) is 0 Å². The van der Waals surface area contributed by atoms with Crippen LogP contribution in [-0.2, 0) is 0 Å². The number of piperidine rings is 1. The van der Waals surface area contributed by atoms with Crippen molar-refractivity contribution in [3.8, 4) is 11.5 Å². The van der Waals surface area contributed by atoms with Crippen molar-refractivity contribution in [2.45, 2.75) is 32.2 Å². The minimum absolute atomic E-state index is 0. The molecule has 0 spiro atoms. The van der Waals surface area contributed by atoms with Crippen molar-refractivity contribution in [2.24, 2.45) is 4.99 Å². The number of halogens is 1. The molecule has 0 amide bonds. The molecule has 0 aromatic heterocycles. The predicted octanol–water partition coefficient (Wildman–Crippen LogP) is 3.18. The monoisotopic (exact) mass is 462 g/mol. The molecule has 6 nitrogen and oxygen atoms in total. The van der Waals surface area contributed by atoms with Gasteiger partial charge in [-0.25, -0.2) is 0 Å². The van der Waals surface area contributed by atoms with Crippen LogP contribution in [0.1, 0.15) is 26.2 Å². The zero-order chi connectivity index (χ0) is 17.4. The van der Waals surface area contributed by atoms with Crippen LogP contribution in [0.2, 0.25) is 0 Å². The summed E-state index contributed by atoms with van der Waals surface area (Å²) < 4.78 is 10.6. The molecule has 0 saturated carbocycles. The third kappa shape index (κ3) is 6.54. The quantitative estimate of drug-likeness (QED) is 0.387. The Kier molecular flexibility index (Phi) is 9.96. The van der Waals surface area contributed by atoms with Gasteiger partial charge in [0.25, 0.3) is 0 Å². The SMILES string of the molecule is CN=C(NCCN1CCCCC1C)Nc1ccc(OC)c(OC)c1.I. The van der Waals surface area contributed by atoms with E-state index in [1.165, 1.54) is 25.8 Å². The highest BCUT2D eigenvalue weighted by atomic mass is 127. The van der Waals surface area contributed by atoms with Gasteiger partial charge in [0.2, 0.25) is 0 Å². The molecular weight excluding hydrogens is 431 g/mol. The Balaban J connectivity index is 0.00000312. The van der Waals surface area contributed by atoms with Crippen LogP contribution in [0.5, 0.6) is 11.5 Å². The van der Waals surface area contributed by atoms with Crippen LogP contribution < -0.4 is 20.1 Å². The van der Waals surface area contributed by atoms with Crippen molar-refractivity contribution in [2.75, 3.05) is 46.2 Å². The van der Waals surface area contributed by atoms with Gasteiger partial charge in [-0.15, -0.1) is 24.0 Å². The molecule has 2 rings (SSSR count). The van der Waals surface area contributed by atoms with Crippen LogP contribution in [0.3, 0.4) is 0 Å². The van der Waals surface area contributed by atoms with Crippen LogP contribution >= 0.6 is 24.0 Å². The Labute approximate surface area is 168 Å². The number of anilines is 1. The average Bonchev–Trinajstić information content (AvgIpc) is 2.62. The van der Waals surface area contributed by atoms with Crippen LogP contribution in [0.4, 0.5) is 5.69 Å². The lowest BCUT2D eigenvalue weighted by Crippen LogP contribution is -2.43. The fourth-order valence-corrected chi connectivity index (χ4v) is 3.04. The summed E-state index contributed by atoms with van der Waals surface area (Å²) in [7, 11) is 5.04. The van der Waals surface area contributed by atoms with Gasteiger partial charge in [-0.2, -0.15) is 0 Å². The molecule has 1 aliphatic heterocycles. The molecule has 25 heavy (non-hydrogen) atoms. The minimum atomic E-state index is 0. The molecule has 1 aromatic rings. The molecule has 1 unspecified atom stereocenters. The van der Waals surface area contributed by atoms with E-state index in [2.05, 4.69) is 27.4 Å². The lowest BCUT2D eigenvalue weighted by atomic mass is 10.0. The Hall–Kier alpha value is -1.22.